The van der Waals surface area contributed by atoms with Crippen LogP contribution in [0.2, 0.25) is 0 Å². The Hall–Kier alpha value is -4.57. The van der Waals surface area contributed by atoms with Crippen LogP contribution in [-0.4, -0.2) is 48.0 Å². The quantitative estimate of drug-likeness (QED) is 0.281. The number of carbonyl (C=O) groups excluding carboxylic acids is 1. The van der Waals surface area contributed by atoms with E-state index in [9.17, 15) is 14.7 Å². The number of ketones is 1. The first kappa shape index (κ1) is 26.6. The fraction of sp³-hybridized carbons (Fsp3) is 0.258. The Balaban J connectivity index is 1.62. The summed E-state index contributed by atoms with van der Waals surface area (Å²) >= 11 is 1.64. The number of aryl methyl sites for hydroxylation is 1. The molecule has 0 saturated carbocycles. The first-order valence-electron chi connectivity index (χ1n) is 13.1. The molecule has 2 aromatic heterocycles. The number of rotatable bonds is 7. The van der Waals surface area contributed by atoms with Gasteiger partial charge in [-0.25, -0.2) is 9.48 Å². The molecule has 1 aliphatic carbocycles. The number of aromatic carboxylic acids is 1. The van der Waals surface area contributed by atoms with Crippen molar-refractivity contribution in [1.82, 2.24) is 9.78 Å². The van der Waals surface area contributed by atoms with E-state index in [0.717, 1.165) is 21.7 Å². The number of nitrogens with zero attached hydrogens (tertiary/aromatic N) is 2. The minimum Gasteiger partial charge on any atom is -0.496 e. The fourth-order valence-electron chi connectivity index (χ4n) is 6.00. The highest BCUT2D eigenvalue weighted by atomic mass is 32.1. The van der Waals surface area contributed by atoms with E-state index < -0.39 is 11.9 Å². The predicted molar refractivity (Wildman–Crippen MR) is 155 cm³/mol. The number of carboxylic acid groups (broad SMARTS) is 1. The smallest absolute Gasteiger partial charge is 0.337 e. The van der Waals surface area contributed by atoms with E-state index in [-0.39, 0.29) is 17.3 Å². The Morgan fingerprint density at radius 2 is 1.76 bits per heavy atom. The van der Waals surface area contributed by atoms with E-state index in [1.54, 1.807) is 67.7 Å². The van der Waals surface area contributed by atoms with Gasteiger partial charge in [0, 0.05) is 51.6 Å². The molecule has 3 heterocycles. The van der Waals surface area contributed by atoms with Crippen molar-refractivity contribution in [3.63, 3.8) is 0 Å². The second-order valence-corrected chi connectivity index (χ2v) is 11.0. The predicted octanol–water partition coefficient (Wildman–Crippen LogP) is 5.92. The van der Waals surface area contributed by atoms with E-state index in [2.05, 4.69) is 11.4 Å². The zero-order valence-corrected chi connectivity index (χ0v) is 23.9. The molecule has 4 aromatic rings. The van der Waals surface area contributed by atoms with Gasteiger partial charge >= 0.3 is 5.97 Å². The lowest BCUT2D eigenvalue weighted by molar-refractivity contribution is -0.116. The standard InChI is InChI=1S/C31H29N3O6S/c1-16-27-28(19-14-24(39-3)25(40-4)15-23(19)38-2)29-20(12-17(13-22(29)35)26-10-7-11-41-26)32-30(27)34(33-16)21-9-6-5-8-18(21)31(36)37/h5-11,14-15,17,28,32H,12-13H2,1-4H3,(H,36,37). The molecule has 2 atom stereocenters. The number of nitrogens with one attached hydrogen (secondary N) is 1. The first-order valence-corrected chi connectivity index (χ1v) is 14.0. The number of carbonyl (C=O) groups is 2. The third kappa shape index (κ3) is 4.35. The Morgan fingerprint density at radius 3 is 2.44 bits per heavy atom. The minimum atomic E-state index is -1.05. The van der Waals surface area contributed by atoms with Gasteiger partial charge in [-0.3, -0.25) is 4.79 Å². The summed E-state index contributed by atoms with van der Waals surface area (Å²) in [6.07, 6.45) is 1.01. The Kier molecular flexibility index (Phi) is 6.78. The minimum absolute atomic E-state index is 0.0343. The fourth-order valence-corrected chi connectivity index (χ4v) is 6.83. The summed E-state index contributed by atoms with van der Waals surface area (Å²) in [6.45, 7) is 1.87. The average Bonchev–Trinajstić information content (AvgIpc) is 3.64. The van der Waals surface area contributed by atoms with E-state index in [4.69, 9.17) is 19.3 Å². The van der Waals surface area contributed by atoms with Crippen molar-refractivity contribution in [3.8, 4) is 22.9 Å². The normalized spacial score (nSPS) is 17.9. The molecule has 1 aliphatic heterocycles. The van der Waals surface area contributed by atoms with Gasteiger partial charge in [0.05, 0.1) is 38.3 Å². The average molecular weight is 572 g/mol. The maximum absolute atomic E-state index is 14.0. The van der Waals surface area contributed by atoms with Crippen LogP contribution in [0.15, 0.2) is 65.2 Å². The van der Waals surface area contributed by atoms with Crippen molar-refractivity contribution in [2.45, 2.75) is 31.6 Å². The lowest BCUT2D eigenvalue weighted by Gasteiger charge is -2.36. The molecule has 10 heteroatoms. The number of thiophene rings is 1. The molecule has 0 amide bonds. The highest BCUT2D eigenvalue weighted by Crippen LogP contribution is 2.53. The molecular weight excluding hydrogens is 542 g/mol. The number of carboxylic acids is 1. The number of para-hydroxylation sites is 1. The molecule has 2 unspecified atom stereocenters. The van der Waals surface area contributed by atoms with E-state index >= 15 is 0 Å². The third-order valence-electron chi connectivity index (χ3n) is 7.82. The van der Waals surface area contributed by atoms with Crippen LogP contribution in [0, 0.1) is 6.92 Å². The van der Waals surface area contributed by atoms with E-state index in [1.165, 1.54) is 0 Å². The van der Waals surface area contributed by atoms with Crippen molar-refractivity contribution in [3.05, 3.63) is 92.4 Å². The number of fused-ring (bicyclic) bond motifs is 1. The van der Waals surface area contributed by atoms with Crippen LogP contribution < -0.4 is 19.5 Å². The molecule has 41 heavy (non-hydrogen) atoms. The largest absolute Gasteiger partial charge is 0.496 e. The van der Waals surface area contributed by atoms with Gasteiger partial charge in [0.25, 0.3) is 0 Å². The number of benzene rings is 2. The molecule has 210 valence electrons. The SMILES string of the molecule is COc1cc(OC)c(C2C3=C(CC(c4cccs4)CC3=O)Nc3c2c(C)nn3-c2ccccc2C(=O)O)cc1OC. The third-order valence-corrected chi connectivity index (χ3v) is 8.85. The molecule has 0 fully saturated rings. The number of aromatic nitrogens is 2. The molecule has 2 aromatic carbocycles. The summed E-state index contributed by atoms with van der Waals surface area (Å²) in [5, 5.41) is 20.3. The second kappa shape index (κ2) is 10.4. The van der Waals surface area contributed by atoms with Gasteiger partial charge in [-0.05, 0) is 43.0 Å². The van der Waals surface area contributed by atoms with E-state index in [0.29, 0.717) is 52.9 Å². The number of hydrogen-bond donors (Lipinski definition) is 2. The zero-order chi connectivity index (χ0) is 28.8. The summed E-state index contributed by atoms with van der Waals surface area (Å²) in [6, 6.07) is 14.4. The van der Waals surface area contributed by atoms with E-state index in [1.807, 2.05) is 24.4 Å². The number of anilines is 1. The maximum Gasteiger partial charge on any atom is 0.337 e. The molecule has 6 rings (SSSR count). The molecule has 9 nitrogen and oxygen atoms in total. The van der Waals surface area contributed by atoms with Gasteiger partial charge < -0.3 is 24.6 Å². The van der Waals surface area contributed by atoms with Crippen LogP contribution in [-0.2, 0) is 4.79 Å². The van der Waals surface area contributed by atoms with Crippen LogP contribution in [0.25, 0.3) is 5.69 Å². The number of hydrogen-bond acceptors (Lipinski definition) is 8. The van der Waals surface area contributed by atoms with Gasteiger partial charge in [-0.1, -0.05) is 18.2 Å². The summed E-state index contributed by atoms with van der Waals surface area (Å²) in [5.74, 6) is 0.670. The summed E-state index contributed by atoms with van der Waals surface area (Å²) in [4.78, 5) is 27.4. The summed E-state index contributed by atoms with van der Waals surface area (Å²) in [7, 11) is 4.71. The summed E-state index contributed by atoms with van der Waals surface area (Å²) < 4.78 is 18.7. The molecule has 2 N–H and O–H groups in total. The molecule has 0 spiro atoms. The van der Waals surface area contributed by atoms with Gasteiger partial charge in [0.2, 0.25) is 0 Å². The maximum atomic E-state index is 14.0. The van der Waals surface area contributed by atoms with Crippen LogP contribution in [0.1, 0.15) is 56.7 Å². The Morgan fingerprint density at radius 1 is 1.02 bits per heavy atom. The van der Waals surface area contributed by atoms with Gasteiger partial charge in [-0.2, -0.15) is 5.10 Å². The lowest BCUT2D eigenvalue weighted by Crippen LogP contribution is -2.30. The Labute approximate surface area is 241 Å². The monoisotopic (exact) mass is 571 g/mol. The molecule has 0 radical (unpaired) electrons. The van der Waals surface area contributed by atoms with Crippen LogP contribution >= 0.6 is 11.3 Å². The Bertz CT molecular complexity index is 1700. The highest BCUT2D eigenvalue weighted by molar-refractivity contribution is 7.10. The number of ether oxygens (including phenoxy) is 3. The van der Waals surface area contributed by atoms with Gasteiger partial charge in [0.1, 0.15) is 11.6 Å². The molecular formula is C31H29N3O6S. The van der Waals surface area contributed by atoms with Gasteiger partial charge in [0.15, 0.2) is 17.3 Å². The summed E-state index contributed by atoms with van der Waals surface area (Å²) in [5.41, 5.74) is 4.17. The van der Waals surface area contributed by atoms with Crippen molar-refractivity contribution in [2.75, 3.05) is 26.6 Å². The van der Waals surface area contributed by atoms with Crippen molar-refractivity contribution in [2.24, 2.45) is 0 Å². The second-order valence-electron chi connectivity index (χ2n) is 10.0. The lowest BCUT2D eigenvalue weighted by atomic mass is 9.73. The van der Waals surface area contributed by atoms with Crippen LogP contribution in [0.4, 0.5) is 5.82 Å². The number of allylic oxidation sites excluding steroid dienone is 2. The zero-order valence-electron chi connectivity index (χ0n) is 23.1. The van der Waals surface area contributed by atoms with Crippen LogP contribution in [0.5, 0.6) is 17.2 Å². The van der Waals surface area contributed by atoms with Gasteiger partial charge in [-0.15, -0.1) is 11.3 Å². The first-order chi connectivity index (χ1) is 19.9. The number of Topliss-reactive ketones (excluding diaryl/α,β-unsaturated/α-hetero) is 1. The van der Waals surface area contributed by atoms with Crippen LogP contribution in [0.3, 0.4) is 0 Å². The number of methoxy groups -OCH3 is 3. The van der Waals surface area contributed by atoms with Crippen molar-refractivity contribution < 1.29 is 28.9 Å². The topological polar surface area (TPSA) is 112 Å². The molecule has 0 bridgehead atoms. The van der Waals surface area contributed by atoms with Crippen molar-refractivity contribution >= 4 is 28.9 Å². The highest BCUT2D eigenvalue weighted by Gasteiger charge is 2.43. The molecule has 0 saturated heterocycles. The molecule has 2 aliphatic rings. The van der Waals surface area contributed by atoms with Crippen molar-refractivity contribution in [1.29, 1.82) is 0 Å².